The molecule has 0 amide bonds. The number of non-ortho nitro benzene ring substituents is 1. The van der Waals surface area contributed by atoms with Crippen LogP contribution in [-0.4, -0.2) is 25.7 Å². The van der Waals surface area contributed by atoms with Gasteiger partial charge in [0, 0.05) is 25.1 Å². The number of benzene rings is 1. The lowest BCUT2D eigenvalue weighted by Crippen LogP contribution is -2.30. The van der Waals surface area contributed by atoms with Crippen molar-refractivity contribution in [1.82, 2.24) is 4.72 Å². The molecule has 114 valence electrons. The van der Waals surface area contributed by atoms with Gasteiger partial charge in [-0.3, -0.25) is 19.8 Å². The third-order valence-corrected chi connectivity index (χ3v) is 4.90. The maximum Gasteiger partial charge on any atom is 0.270 e. The molecule has 0 aromatic heterocycles. The summed E-state index contributed by atoms with van der Waals surface area (Å²) in [6, 6.07) is 3.30. The van der Waals surface area contributed by atoms with Crippen molar-refractivity contribution in [3.05, 3.63) is 33.3 Å². The van der Waals surface area contributed by atoms with Gasteiger partial charge in [-0.25, -0.2) is 8.42 Å². The highest BCUT2D eigenvalue weighted by Crippen LogP contribution is 2.26. The Balaban J connectivity index is 2.32. The fourth-order valence-corrected chi connectivity index (χ4v) is 3.59. The van der Waals surface area contributed by atoms with Crippen LogP contribution in [0.3, 0.4) is 0 Å². The highest BCUT2D eigenvalue weighted by molar-refractivity contribution is 7.90. The molecule has 0 saturated carbocycles. The Morgan fingerprint density at radius 3 is 2.76 bits per heavy atom. The standard InChI is InChI=1S/C12H14ClN3O4S/c13-10-6-5-9(16(17)18)8-11(10)21(19,20)15-12-4-2-1-3-7-14-12/h5-6,8H,1-4,7H2,(H,14,15). The van der Waals surface area contributed by atoms with E-state index in [1.54, 1.807) is 0 Å². The molecule has 21 heavy (non-hydrogen) atoms. The van der Waals surface area contributed by atoms with Crippen molar-refractivity contribution in [2.24, 2.45) is 4.99 Å². The molecule has 1 N–H and O–H groups in total. The highest BCUT2D eigenvalue weighted by atomic mass is 35.5. The van der Waals surface area contributed by atoms with Crippen LogP contribution in [0.4, 0.5) is 5.69 Å². The molecule has 1 aromatic carbocycles. The number of nitrogens with one attached hydrogen (secondary N) is 1. The summed E-state index contributed by atoms with van der Waals surface area (Å²) < 4.78 is 27.0. The van der Waals surface area contributed by atoms with Gasteiger partial charge in [0.15, 0.2) is 0 Å². The zero-order valence-corrected chi connectivity index (χ0v) is 12.7. The van der Waals surface area contributed by atoms with Crippen LogP contribution in [0.15, 0.2) is 28.1 Å². The SMILES string of the molecule is O=[N+]([O-])c1ccc(Cl)c(S(=O)(=O)NC2=NCCCCC2)c1. The quantitative estimate of drug-likeness (QED) is 0.679. The Labute approximate surface area is 127 Å². The van der Waals surface area contributed by atoms with Gasteiger partial charge in [0.1, 0.15) is 10.7 Å². The van der Waals surface area contributed by atoms with Crippen LogP contribution in [-0.2, 0) is 10.0 Å². The number of nitro benzene ring substituents is 1. The van der Waals surface area contributed by atoms with Gasteiger partial charge in [0.25, 0.3) is 15.7 Å². The number of hydrogen-bond acceptors (Lipinski definition) is 5. The van der Waals surface area contributed by atoms with E-state index >= 15 is 0 Å². The van der Waals surface area contributed by atoms with Crippen molar-refractivity contribution in [1.29, 1.82) is 0 Å². The summed E-state index contributed by atoms with van der Waals surface area (Å²) in [5, 5.41) is 10.7. The molecule has 0 spiro atoms. The van der Waals surface area contributed by atoms with Crippen LogP contribution >= 0.6 is 11.6 Å². The van der Waals surface area contributed by atoms with Crippen LogP contribution < -0.4 is 4.72 Å². The predicted molar refractivity (Wildman–Crippen MR) is 79.2 cm³/mol. The zero-order valence-electron chi connectivity index (χ0n) is 11.1. The molecule has 0 radical (unpaired) electrons. The minimum absolute atomic E-state index is 0.0673. The summed E-state index contributed by atoms with van der Waals surface area (Å²) >= 11 is 5.85. The minimum atomic E-state index is -3.98. The highest BCUT2D eigenvalue weighted by Gasteiger charge is 2.23. The van der Waals surface area contributed by atoms with Crippen molar-refractivity contribution in [3.8, 4) is 0 Å². The molecule has 0 atom stereocenters. The fraction of sp³-hybridized carbons (Fsp3) is 0.417. The molecule has 2 rings (SSSR count). The minimum Gasteiger partial charge on any atom is -0.272 e. The van der Waals surface area contributed by atoms with Crippen LogP contribution in [0.2, 0.25) is 5.02 Å². The van der Waals surface area contributed by atoms with Crippen molar-refractivity contribution in [3.63, 3.8) is 0 Å². The van der Waals surface area contributed by atoms with E-state index in [1.807, 2.05) is 0 Å². The molecule has 1 heterocycles. The van der Waals surface area contributed by atoms with Crippen molar-refractivity contribution < 1.29 is 13.3 Å². The summed E-state index contributed by atoms with van der Waals surface area (Å²) in [7, 11) is -3.98. The van der Waals surface area contributed by atoms with Gasteiger partial charge >= 0.3 is 0 Å². The van der Waals surface area contributed by atoms with Gasteiger partial charge in [0.05, 0.1) is 9.95 Å². The molecule has 0 bridgehead atoms. The first kappa shape index (κ1) is 15.7. The van der Waals surface area contributed by atoms with Crippen LogP contribution in [0.1, 0.15) is 25.7 Å². The van der Waals surface area contributed by atoms with E-state index in [2.05, 4.69) is 9.71 Å². The number of nitro groups is 1. The number of sulfonamides is 1. The summed E-state index contributed by atoms with van der Waals surface area (Å²) in [5.41, 5.74) is -0.331. The fourth-order valence-electron chi connectivity index (χ4n) is 1.98. The van der Waals surface area contributed by atoms with E-state index in [0.717, 1.165) is 31.4 Å². The number of rotatable bonds is 3. The van der Waals surface area contributed by atoms with E-state index in [0.29, 0.717) is 18.8 Å². The molecule has 0 aliphatic carbocycles. The number of aliphatic imine (C=N–C) groups is 1. The molecule has 7 nitrogen and oxygen atoms in total. The van der Waals surface area contributed by atoms with E-state index in [4.69, 9.17) is 11.6 Å². The third kappa shape index (κ3) is 3.92. The lowest BCUT2D eigenvalue weighted by molar-refractivity contribution is -0.385. The first-order chi connectivity index (χ1) is 9.90. The third-order valence-electron chi connectivity index (χ3n) is 3.04. The van der Waals surface area contributed by atoms with Crippen molar-refractivity contribution in [2.45, 2.75) is 30.6 Å². The van der Waals surface area contributed by atoms with Gasteiger partial charge in [-0.2, -0.15) is 0 Å². The van der Waals surface area contributed by atoms with E-state index in [1.165, 1.54) is 6.07 Å². The topological polar surface area (TPSA) is 102 Å². The van der Waals surface area contributed by atoms with Gasteiger partial charge < -0.3 is 0 Å². The molecule has 9 heteroatoms. The number of halogens is 1. The summed E-state index contributed by atoms with van der Waals surface area (Å²) in [6.07, 6.45) is 3.30. The molecule has 0 fully saturated rings. The molecular formula is C12H14ClN3O4S. The van der Waals surface area contributed by atoms with Gasteiger partial charge in [0.2, 0.25) is 0 Å². The molecule has 1 aromatic rings. The Bertz CT molecular complexity index is 688. The molecule has 1 aliphatic rings. The van der Waals surface area contributed by atoms with Gasteiger partial charge in [-0.15, -0.1) is 0 Å². The van der Waals surface area contributed by atoms with Crippen molar-refractivity contribution >= 4 is 33.1 Å². The first-order valence-electron chi connectivity index (χ1n) is 6.40. The van der Waals surface area contributed by atoms with Crippen LogP contribution in [0.25, 0.3) is 0 Å². The summed E-state index contributed by atoms with van der Waals surface area (Å²) in [6.45, 7) is 0.570. The molecular weight excluding hydrogens is 318 g/mol. The van der Waals surface area contributed by atoms with Crippen molar-refractivity contribution in [2.75, 3.05) is 6.54 Å². The van der Waals surface area contributed by atoms with E-state index in [9.17, 15) is 18.5 Å². The smallest absolute Gasteiger partial charge is 0.270 e. The molecule has 1 aliphatic heterocycles. The van der Waals surface area contributed by atoms with Gasteiger partial charge in [-0.05, 0) is 18.9 Å². The second-order valence-electron chi connectivity index (χ2n) is 4.62. The Morgan fingerprint density at radius 2 is 2.05 bits per heavy atom. The summed E-state index contributed by atoms with van der Waals surface area (Å²) in [5.74, 6) is 0.370. The second kappa shape index (κ2) is 6.40. The Hall–Kier alpha value is -1.67. The average molecular weight is 332 g/mol. The second-order valence-corrected chi connectivity index (χ2v) is 6.67. The molecule has 0 saturated heterocycles. The Morgan fingerprint density at radius 1 is 1.29 bits per heavy atom. The van der Waals surface area contributed by atoms with E-state index < -0.39 is 14.9 Å². The average Bonchev–Trinajstić information content (AvgIpc) is 2.66. The predicted octanol–water partition coefficient (Wildman–Crippen LogP) is 2.50. The maximum absolute atomic E-state index is 12.3. The van der Waals surface area contributed by atoms with Crippen LogP contribution in [0, 0.1) is 10.1 Å². The first-order valence-corrected chi connectivity index (χ1v) is 8.26. The number of nitrogens with zero attached hydrogens (tertiary/aromatic N) is 2. The van der Waals surface area contributed by atoms with E-state index in [-0.39, 0.29) is 15.6 Å². The monoisotopic (exact) mass is 331 g/mol. The normalized spacial score (nSPS) is 16.0. The maximum atomic E-state index is 12.3. The Kier molecular flexibility index (Phi) is 4.79. The lowest BCUT2D eigenvalue weighted by Gasteiger charge is -2.10. The van der Waals surface area contributed by atoms with Crippen LogP contribution in [0.5, 0.6) is 0 Å². The number of hydrogen-bond donors (Lipinski definition) is 1. The summed E-state index contributed by atoms with van der Waals surface area (Å²) in [4.78, 5) is 13.9. The largest absolute Gasteiger partial charge is 0.272 e. The number of amidine groups is 1. The zero-order chi connectivity index (χ0) is 15.5. The lowest BCUT2D eigenvalue weighted by atomic mass is 10.2. The molecule has 0 unspecified atom stereocenters. The van der Waals surface area contributed by atoms with Gasteiger partial charge in [-0.1, -0.05) is 18.0 Å².